The van der Waals surface area contributed by atoms with Gasteiger partial charge < -0.3 is 24.6 Å². The number of aromatic nitrogens is 5. The molecule has 1 saturated heterocycles. The standard InChI is InChI=1S/C23H28N8O2S/c1-15-19(18-5-4-14-33-18)28-29-20(15)24-21-25-22(31-12-10-30(2)11-13-31)27-23(26-21)34-17-8-6-16(32-3)7-9-17/h4,6-9,14,18H,5,10-13H2,1-3H3,(H2,24,25,26,27,28,29). The quantitative estimate of drug-likeness (QED) is 0.522. The summed E-state index contributed by atoms with van der Waals surface area (Å²) in [4.78, 5) is 19.7. The number of hydrogen-bond donors (Lipinski definition) is 2. The molecule has 0 radical (unpaired) electrons. The van der Waals surface area contributed by atoms with Crippen molar-refractivity contribution in [2.45, 2.75) is 29.5 Å². The van der Waals surface area contributed by atoms with Crippen LogP contribution in [0.25, 0.3) is 0 Å². The lowest BCUT2D eigenvalue weighted by molar-refractivity contribution is 0.168. The first-order chi connectivity index (χ1) is 16.6. The Labute approximate surface area is 202 Å². The van der Waals surface area contributed by atoms with E-state index in [9.17, 15) is 0 Å². The van der Waals surface area contributed by atoms with E-state index in [2.05, 4.69) is 37.3 Å². The summed E-state index contributed by atoms with van der Waals surface area (Å²) < 4.78 is 10.9. The smallest absolute Gasteiger partial charge is 0.234 e. The molecule has 3 aromatic rings. The van der Waals surface area contributed by atoms with Gasteiger partial charge in [-0.1, -0.05) is 0 Å². The molecule has 178 valence electrons. The summed E-state index contributed by atoms with van der Waals surface area (Å²) in [5, 5.41) is 11.5. The van der Waals surface area contributed by atoms with Crippen molar-refractivity contribution in [3.8, 4) is 5.75 Å². The minimum absolute atomic E-state index is 0.0384. The molecule has 0 bridgehead atoms. The molecule has 2 N–H and O–H groups in total. The Morgan fingerprint density at radius 3 is 2.62 bits per heavy atom. The van der Waals surface area contributed by atoms with Crippen LogP contribution in [0, 0.1) is 6.92 Å². The Kier molecular flexibility index (Phi) is 6.54. The Bertz CT molecular complexity index is 1150. The molecule has 2 aromatic heterocycles. The lowest BCUT2D eigenvalue weighted by Crippen LogP contribution is -2.45. The van der Waals surface area contributed by atoms with Crippen LogP contribution >= 0.6 is 11.8 Å². The van der Waals surface area contributed by atoms with Crippen LogP contribution in [-0.2, 0) is 4.74 Å². The fourth-order valence-electron chi connectivity index (χ4n) is 3.87. The van der Waals surface area contributed by atoms with Gasteiger partial charge in [0.1, 0.15) is 11.9 Å². The number of piperazine rings is 1. The maximum atomic E-state index is 5.65. The van der Waals surface area contributed by atoms with Gasteiger partial charge in [0.15, 0.2) is 11.0 Å². The number of nitrogens with one attached hydrogen (secondary N) is 2. The summed E-state index contributed by atoms with van der Waals surface area (Å²) in [5.41, 5.74) is 1.94. The molecule has 0 spiro atoms. The maximum Gasteiger partial charge on any atom is 0.234 e. The van der Waals surface area contributed by atoms with Crippen molar-refractivity contribution >= 4 is 29.5 Å². The van der Waals surface area contributed by atoms with Crippen molar-refractivity contribution in [3.63, 3.8) is 0 Å². The molecule has 2 aliphatic heterocycles. The van der Waals surface area contributed by atoms with E-state index >= 15 is 0 Å². The molecule has 2 aliphatic rings. The van der Waals surface area contributed by atoms with Crippen molar-refractivity contribution in [2.24, 2.45) is 0 Å². The Balaban J connectivity index is 1.42. The molecule has 5 rings (SSSR count). The summed E-state index contributed by atoms with van der Waals surface area (Å²) in [6, 6.07) is 7.85. The number of likely N-dealkylation sites (N-methyl/N-ethyl adjacent to an activating group) is 1. The van der Waals surface area contributed by atoms with Crippen LogP contribution in [0.5, 0.6) is 5.75 Å². The Morgan fingerprint density at radius 1 is 1.12 bits per heavy atom. The lowest BCUT2D eigenvalue weighted by Gasteiger charge is -2.32. The van der Waals surface area contributed by atoms with Gasteiger partial charge in [0.05, 0.1) is 19.1 Å². The average Bonchev–Trinajstić information content (AvgIpc) is 3.50. The van der Waals surface area contributed by atoms with Gasteiger partial charge in [-0.3, -0.25) is 5.10 Å². The number of anilines is 3. The number of ether oxygens (including phenoxy) is 2. The zero-order chi connectivity index (χ0) is 23.5. The number of H-pyrrole nitrogens is 1. The van der Waals surface area contributed by atoms with Crippen LogP contribution in [0.3, 0.4) is 0 Å². The molecule has 1 unspecified atom stereocenters. The highest BCUT2D eigenvalue weighted by molar-refractivity contribution is 7.99. The normalized spacial score (nSPS) is 18.2. The molecule has 0 amide bonds. The minimum Gasteiger partial charge on any atom is -0.497 e. The highest BCUT2D eigenvalue weighted by Crippen LogP contribution is 2.32. The van der Waals surface area contributed by atoms with E-state index in [-0.39, 0.29) is 6.10 Å². The molecule has 0 aliphatic carbocycles. The molecule has 1 aromatic carbocycles. The molecule has 11 heteroatoms. The van der Waals surface area contributed by atoms with E-state index in [1.54, 1.807) is 13.4 Å². The molecular formula is C23H28N8O2S. The molecule has 10 nitrogen and oxygen atoms in total. The Hall–Kier alpha value is -3.31. The van der Waals surface area contributed by atoms with Crippen LogP contribution in [-0.4, -0.2) is 70.4 Å². The van der Waals surface area contributed by atoms with Crippen LogP contribution in [0.15, 0.2) is 46.7 Å². The molecule has 34 heavy (non-hydrogen) atoms. The highest BCUT2D eigenvalue weighted by Gasteiger charge is 2.23. The van der Waals surface area contributed by atoms with E-state index in [4.69, 9.17) is 19.4 Å². The van der Waals surface area contributed by atoms with Gasteiger partial charge in [-0.15, -0.1) is 0 Å². The summed E-state index contributed by atoms with van der Waals surface area (Å²) in [6.07, 6.45) is 4.53. The minimum atomic E-state index is -0.0384. The van der Waals surface area contributed by atoms with Gasteiger partial charge in [0.2, 0.25) is 11.9 Å². The number of methoxy groups -OCH3 is 1. The van der Waals surface area contributed by atoms with Crippen molar-refractivity contribution in [3.05, 3.63) is 47.9 Å². The predicted octanol–water partition coefficient (Wildman–Crippen LogP) is 3.53. The van der Waals surface area contributed by atoms with E-state index < -0.39 is 0 Å². The number of nitrogens with zero attached hydrogens (tertiary/aromatic N) is 6. The fourth-order valence-corrected chi connectivity index (χ4v) is 4.61. The predicted molar refractivity (Wildman–Crippen MR) is 131 cm³/mol. The van der Waals surface area contributed by atoms with Crippen molar-refractivity contribution in [1.82, 2.24) is 30.0 Å². The van der Waals surface area contributed by atoms with Gasteiger partial charge in [0.25, 0.3) is 0 Å². The van der Waals surface area contributed by atoms with Gasteiger partial charge in [-0.25, -0.2) is 0 Å². The molecular weight excluding hydrogens is 452 g/mol. The monoisotopic (exact) mass is 480 g/mol. The summed E-state index contributed by atoms with van der Waals surface area (Å²) in [5.74, 6) is 2.62. The molecule has 4 heterocycles. The third kappa shape index (κ3) is 4.95. The van der Waals surface area contributed by atoms with E-state index in [1.807, 2.05) is 37.3 Å². The third-order valence-corrected chi connectivity index (χ3v) is 6.82. The average molecular weight is 481 g/mol. The number of hydrogen-bond acceptors (Lipinski definition) is 10. The summed E-state index contributed by atoms with van der Waals surface area (Å²) in [6.45, 7) is 5.67. The largest absolute Gasteiger partial charge is 0.497 e. The zero-order valence-corrected chi connectivity index (χ0v) is 20.3. The van der Waals surface area contributed by atoms with E-state index in [0.29, 0.717) is 22.9 Å². The second kappa shape index (κ2) is 9.90. The number of rotatable bonds is 7. The first kappa shape index (κ1) is 22.5. The second-order valence-electron chi connectivity index (χ2n) is 8.28. The van der Waals surface area contributed by atoms with Crippen molar-refractivity contribution < 1.29 is 9.47 Å². The SMILES string of the molecule is COc1ccc(Sc2nc(Nc3n[nH]c(C4CC=CO4)c3C)nc(N3CCN(C)CC3)n2)cc1. The fraction of sp³-hybridized carbons (Fsp3) is 0.391. The van der Waals surface area contributed by atoms with Crippen LogP contribution < -0.4 is 15.0 Å². The summed E-state index contributed by atoms with van der Waals surface area (Å²) in [7, 11) is 3.79. The zero-order valence-electron chi connectivity index (χ0n) is 19.5. The molecule has 0 saturated carbocycles. The van der Waals surface area contributed by atoms with Gasteiger partial charge >= 0.3 is 0 Å². The van der Waals surface area contributed by atoms with Crippen molar-refractivity contribution in [1.29, 1.82) is 0 Å². The number of benzene rings is 1. The summed E-state index contributed by atoms with van der Waals surface area (Å²) >= 11 is 1.49. The lowest BCUT2D eigenvalue weighted by atomic mass is 10.1. The molecule has 1 atom stereocenters. The third-order valence-electron chi connectivity index (χ3n) is 5.95. The van der Waals surface area contributed by atoms with Gasteiger partial charge in [-0.05, 0) is 56.1 Å². The van der Waals surface area contributed by atoms with Crippen LogP contribution in [0.2, 0.25) is 0 Å². The second-order valence-corrected chi connectivity index (χ2v) is 9.32. The Morgan fingerprint density at radius 2 is 1.91 bits per heavy atom. The van der Waals surface area contributed by atoms with Crippen LogP contribution in [0.1, 0.15) is 23.8 Å². The topological polar surface area (TPSA) is 104 Å². The number of aromatic amines is 1. The first-order valence-electron chi connectivity index (χ1n) is 11.2. The van der Waals surface area contributed by atoms with Crippen molar-refractivity contribution in [2.75, 3.05) is 50.6 Å². The maximum absolute atomic E-state index is 5.65. The molecule has 1 fully saturated rings. The van der Waals surface area contributed by atoms with E-state index in [0.717, 1.165) is 54.5 Å². The highest BCUT2D eigenvalue weighted by atomic mass is 32.2. The first-order valence-corrected chi connectivity index (χ1v) is 12.0. The van der Waals surface area contributed by atoms with Gasteiger partial charge in [0, 0.05) is 43.1 Å². The van der Waals surface area contributed by atoms with E-state index in [1.165, 1.54) is 11.8 Å². The van der Waals surface area contributed by atoms with Gasteiger partial charge in [-0.2, -0.15) is 20.1 Å². The van der Waals surface area contributed by atoms with Crippen LogP contribution in [0.4, 0.5) is 17.7 Å².